The predicted molar refractivity (Wildman–Crippen MR) is 53.6 cm³/mol. The second-order valence-corrected chi connectivity index (χ2v) is 3.42. The molecule has 0 radical (unpaired) electrons. The fraction of sp³-hybridized carbons (Fsp3) is 0.333. The summed E-state index contributed by atoms with van der Waals surface area (Å²) in [5.74, 6) is 0.570. The van der Waals surface area contributed by atoms with E-state index in [-0.39, 0.29) is 5.82 Å². The van der Waals surface area contributed by atoms with Crippen LogP contribution in [0.4, 0.5) is 4.39 Å². The zero-order chi connectivity index (χ0) is 8.97. The monoisotopic (exact) mass is 204 g/mol. The van der Waals surface area contributed by atoms with Gasteiger partial charge >= 0.3 is 0 Å². The molecule has 0 aliphatic carbocycles. The average Bonchev–Trinajstić information content (AvgIpc) is 2.07. The number of thiol groups is 1. The number of rotatable bonds is 3. The van der Waals surface area contributed by atoms with Crippen LogP contribution in [0.25, 0.3) is 0 Å². The molecule has 0 nitrogen and oxygen atoms in total. The SMILES string of the molecule is Fc1ccc(Cl)c(CCCS)c1. The van der Waals surface area contributed by atoms with Crippen LogP contribution in [0.15, 0.2) is 18.2 Å². The third-order valence-electron chi connectivity index (χ3n) is 1.61. The maximum Gasteiger partial charge on any atom is 0.123 e. The second-order valence-electron chi connectivity index (χ2n) is 2.56. The van der Waals surface area contributed by atoms with E-state index in [0.29, 0.717) is 5.02 Å². The fourth-order valence-corrected chi connectivity index (χ4v) is 1.37. The smallest absolute Gasteiger partial charge is 0.123 e. The fourth-order valence-electron chi connectivity index (χ4n) is 1.00. The molecular formula is C9H10ClFS. The number of halogens is 2. The summed E-state index contributed by atoms with van der Waals surface area (Å²) in [7, 11) is 0. The molecule has 1 rings (SSSR count). The van der Waals surface area contributed by atoms with Gasteiger partial charge in [-0.1, -0.05) is 11.6 Å². The van der Waals surface area contributed by atoms with Crippen LogP contribution in [0.1, 0.15) is 12.0 Å². The van der Waals surface area contributed by atoms with E-state index in [1.165, 1.54) is 12.1 Å². The van der Waals surface area contributed by atoms with E-state index >= 15 is 0 Å². The van der Waals surface area contributed by atoms with E-state index in [4.69, 9.17) is 11.6 Å². The Bertz CT molecular complexity index is 263. The molecule has 0 fully saturated rings. The van der Waals surface area contributed by atoms with Crippen LogP contribution in [-0.2, 0) is 6.42 Å². The van der Waals surface area contributed by atoms with Gasteiger partial charge in [0.25, 0.3) is 0 Å². The molecule has 3 heteroatoms. The minimum atomic E-state index is -0.228. The minimum Gasteiger partial charge on any atom is -0.207 e. The van der Waals surface area contributed by atoms with Gasteiger partial charge in [0.2, 0.25) is 0 Å². The Morgan fingerprint density at radius 1 is 1.42 bits per heavy atom. The first-order valence-corrected chi connectivity index (χ1v) is 4.80. The number of hydrogen-bond acceptors (Lipinski definition) is 1. The first-order chi connectivity index (χ1) is 5.74. The van der Waals surface area contributed by atoms with Crippen molar-refractivity contribution in [3.8, 4) is 0 Å². The molecule has 1 aromatic rings. The average molecular weight is 205 g/mol. The quantitative estimate of drug-likeness (QED) is 0.718. The Morgan fingerprint density at radius 2 is 2.17 bits per heavy atom. The Hall–Kier alpha value is -0.210. The second kappa shape index (κ2) is 4.73. The minimum absolute atomic E-state index is 0.228. The van der Waals surface area contributed by atoms with Gasteiger partial charge in [-0.3, -0.25) is 0 Å². The summed E-state index contributed by atoms with van der Waals surface area (Å²) in [6.07, 6.45) is 1.71. The molecule has 0 spiro atoms. The van der Waals surface area contributed by atoms with Crippen molar-refractivity contribution in [3.63, 3.8) is 0 Å². The van der Waals surface area contributed by atoms with E-state index in [0.717, 1.165) is 24.2 Å². The summed E-state index contributed by atoms with van der Waals surface area (Å²) in [5.41, 5.74) is 0.866. The maximum absolute atomic E-state index is 12.7. The lowest BCUT2D eigenvalue weighted by molar-refractivity contribution is 0.625. The van der Waals surface area contributed by atoms with Gasteiger partial charge in [-0.25, -0.2) is 4.39 Å². The molecule has 0 atom stereocenters. The van der Waals surface area contributed by atoms with Crippen LogP contribution in [0.3, 0.4) is 0 Å². The van der Waals surface area contributed by atoms with Crippen LogP contribution in [-0.4, -0.2) is 5.75 Å². The highest BCUT2D eigenvalue weighted by Gasteiger charge is 2.00. The van der Waals surface area contributed by atoms with Crippen molar-refractivity contribution >= 4 is 24.2 Å². The predicted octanol–water partition coefficient (Wildman–Crippen LogP) is 3.34. The van der Waals surface area contributed by atoms with Crippen molar-refractivity contribution in [2.24, 2.45) is 0 Å². The summed E-state index contributed by atoms with van der Waals surface area (Å²) in [6, 6.07) is 4.43. The van der Waals surface area contributed by atoms with Gasteiger partial charge in [-0.15, -0.1) is 0 Å². The lowest BCUT2D eigenvalue weighted by atomic mass is 10.1. The van der Waals surface area contributed by atoms with E-state index in [2.05, 4.69) is 12.6 Å². The molecule has 66 valence electrons. The summed E-state index contributed by atoms with van der Waals surface area (Å²) in [6.45, 7) is 0. The number of aryl methyl sites for hydroxylation is 1. The van der Waals surface area contributed by atoms with Crippen molar-refractivity contribution in [2.75, 3.05) is 5.75 Å². The molecule has 0 saturated heterocycles. The Balaban J connectivity index is 2.75. The van der Waals surface area contributed by atoms with Gasteiger partial charge in [-0.2, -0.15) is 12.6 Å². The molecule has 0 N–H and O–H groups in total. The van der Waals surface area contributed by atoms with Crippen LogP contribution in [0.5, 0.6) is 0 Å². The lowest BCUT2D eigenvalue weighted by Gasteiger charge is -2.02. The summed E-state index contributed by atoms with van der Waals surface area (Å²) < 4.78 is 12.7. The molecule has 0 aromatic heterocycles. The highest BCUT2D eigenvalue weighted by molar-refractivity contribution is 7.80. The molecule has 12 heavy (non-hydrogen) atoms. The van der Waals surface area contributed by atoms with Gasteiger partial charge in [0.05, 0.1) is 0 Å². The zero-order valence-corrected chi connectivity index (χ0v) is 8.21. The molecule has 0 aliphatic heterocycles. The van der Waals surface area contributed by atoms with Crippen molar-refractivity contribution < 1.29 is 4.39 Å². The van der Waals surface area contributed by atoms with Gasteiger partial charge in [0, 0.05) is 5.02 Å². The van der Waals surface area contributed by atoms with Crippen molar-refractivity contribution in [3.05, 3.63) is 34.6 Å². The highest BCUT2D eigenvalue weighted by atomic mass is 35.5. The molecule has 0 bridgehead atoms. The van der Waals surface area contributed by atoms with Gasteiger partial charge < -0.3 is 0 Å². The summed E-state index contributed by atoms with van der Waals surface area (Å²) in [4.78, 5) is 0. The molecule has 1 aromatic carbocycles. The molecule has 0 saturated carbocycles. The summed E-state index contributed by atoms with van der Waals surface area (Å²) >= 11 is 9.91. The normalized spacial score (nSPS) is 10.2. The molecule has 0 unspecified atom stereocenters. The Morgan fingerprint density at radius 3 is 2.83 bits per heavy atom. The molecule has 0 heterocycles. The zero-order valence-electron chi connectivity index (χ0n) is 6.56. The first kappa shape index (κ1) is 9.87. The van der Waals surface area contributed by atoms with Crippen LogP contribution < -0.4 is 0 Å². The first-order valence-electron chi connectivity index (χ1n) is 3.79. The van der Waals surface area contributed by atoms with Crippen molar-refractivity contribution in [2.45, 2.75) is 12.8 Å². The van der Waals surface area contributed by atoms with Crippen molar-refractivity contribution in [1.82, 2.24) is 0 Å². The number of benzene rings is 1. The van der Waals surface area contributed by atoms with Crippen LogP contribution >= 0.6 is 24.2 Å². The third-order valence-corrected chi connectivity index (χ3v) is 2.30. The lowest BCUT2D eigenvalue weighted by Crippen LogP contribution is -1.89. The van der Waals surface area contributed by atoms with Gasteiger partial charge in [0.15, 0.2) is 0 Å². The third kappa shape index (κ3) is 2.68. The van der Waals surface area contributed by atoms with Crippen LogP contribution in [0.2, 0.25) is 5.02 Å². The van der Waals surface area contributed by atoms with Gasteiger partial charge in [0.1, 0.15) is 5.82 Å². The highest BCUT2D eigenvalue weighted by Crippen LogP contribution is 2.18. The largest absolute Gasteiger partial charge is 0.207 e. The molecule has 0 aliphatic rings. The summed E-state index contributed by atoms with van der Waals surface area (Å²) in [5, 5.41) is 0.637. The van der Waals surface area contributed by atoms with E-state index in [9.17, 15) is 4.39 Å². The molecule has 0 amide bonds. The van der Waals surface area contributed by atoms with Crippen molar-refractivity contribution in [1.29, 1.82) is 0 Å². The van der Waals surface area contributed by atoms with E-state index < -0.39 is 0 Å². The maximum atomic E-state index is 12.7. The topological polar surface area (TPSA) is 0 Å². The van der Waals surface area contributed by atoms with E-state index in [1.807, 2.05) is 0 Å². The standard InChI is InChI=1S/C9H10ClFS/c10-9-4-3-8(11)6-7(9)2-1-5-12/h3-4,6,12H,1-2,5H2. The number of hydrogen-bond donors (Lipinski definition) is 1. The Labute approximate surface area is 82.2 Å². The van der Waals surface area contributed by atoms with Crippen LogP contribution in [0, 0.1) is 5.82 Å². The van der Waals surface area contributed by atoms with Gasteiger partial charge in [-0.05, 0) is 42.4 Å². The van der Waals surface area contributed by atoms with E-state index in [1.54, 1.807) is 6.07 Å². The molecular weight excluding hydrogens is 195 g/mol. The Kier molecular flexibility index (Phi) is 3.89.